The van der Waals surface area contributed by atoms with Crippen molar-refractivity contribution >= 4 is 29.6 Å². The summed E-state index contributed by atoms with van der Waals surface area (Å²) in [5.41, 5.74) is 7.46. The van der Waals surface area contributed by atoms with Crippen molar-refractivity contribution in [3.05, 3.63) is 47.8 Å². The molecule has 2 aliphatic rings. The van der Waals surface area contributed by atoms with Crippen molar-refractivity contribution in [3.8, 4) is 0 Å². The van der Waals surface area contributed by atoms with E-state index < -0.39 is 48.1 Å². The van der Waals surface area contributed by atoms with Crippen molar-refractivity contribution in [2.75, 3.05) is 13.6 Å². The molecule has 1 aromatic heterocycles. The minimum atomic E-state index is -5.08. The maximum atomic E-state index is 14.0. The maximum absolute atomic E-state index is 14.0. The Hall–Kier alpha value is -4.54. The molecular weight excluding hydrogens is 649 g/mol. The lowest BCUT2D eigenvalue weighted by Gasteiger charge is -2.31. The SMILES string of the molecule is CN[C@@H](C)C(=O)N[C@H](C(=O)N1C[C@@H](n2cc(C3CCCC3)nn2)C[C@H]1C(=O)N[C@@H](Cc1ccccc1)C(N)=O)C(C)C.O=C(O)C(F)(F)F. The van der Waals surface area contributed by atoms with Gasteiger partial charge in [-0.25, -0.2) is 9.48 Å². The fourth-order valence-corrected chi connectivity index (χ4v) is 5.82. The fraction of sp³-hybridized carbons (Fsp3) is 0.594. The van der Waals surface area contributed by atoms with Gasteiger partial charge in [0.1, 0.15) is 18.1 Å². The molecule has 0 unspecified atom stereocenters. The highest BCUT2D eigenvalue weighted by Crippen LogP contribution is 2.34. The highest BCUT2D eigenvalue weighted by Gasteiger charge is 2.44. The van der Waals surface area contributed by atoms with Crippen molar-refractivity contribution in [1.82, 2.24) is 35.8 Å². The number of carboxylic acids is 1. The molecule has 1 saturated carbocycles. The lowest BCUT2D eigenvalue weighted by Crippen LogP contribution is -2.58. The van der Waals surface area contributed by atoms with Gasteiger partial charge in [0.05, 0.1) is 17.8 Å². The van der Waals surface area contributed by atoms with Gasteiger partial charge in [-0.05, 0) is 38.3 Å². The molecule has 1 saturated heterocycles. The Labute approximate surface area is 282 Å². The van der Waals surface area contributed by atoms with E-state index in [1.807, 2.05) is 50.4 Å². The lowest BCUT2D eigenvalue weighted by atomic mass is 10.0. The van der Waals surface area contributed by atoms with Gasteiger partial charge in [-0.1, -0.05) is 62.2 Å². The number of nitrogens with zero attached hydrogens (tertiary/aromatic N) is 4. The zero-order chi connectivity index (χ0) is 36.5. The van der Waals surface area contributed by atoms with E-state index in [0.29, 0.717) is 5.92 Å². The molecule has 2 aromatic rings. The van der Waals surface area contributed by atoms with Crippen molar-refractivity contribution in [2.24, 2.45) is 11.7 Å². The summed E-state index contributed by atoms with van der Waals surface area (Å²) in [6, 6.07) is 5.81. The molecule has 4 rings (SSSR count). The third kappa shape index (κ3) is 10.7. The maximum Gasteiger partial charge on any atom is 0.490 e. The molecular formula is C32H45F3N8O6. The molecule has 5 atom stereocenters. The first-order valence-electron chi connectivity index (χ1n) is 16.2. The quantitative estimate of drug-likeness (QED) is 0.219. The molecule has 0 spiro atoms. The molecule has 270 valence electrons. The number of hydrogen-bond acceptors (Lipinski definition) is 8. The monoisotopic (exact) mass is 694 g/mol. The van der Waals surface area contributed by atoms with Crippen LogP contribution in [0.1, 0.15) is 76.1 Å². The lowest BCUT2D eigenvalue weighted by molar-refractivity contribution is -0.192. The van der Waals surface area contributed by atoms with E-state index in [9.17, 15) is 32.3 Å². The van der Waals surface area contributed by atoms with Gasteiger partial charge in [-0.2, -0.15) is 13.2 Å². The first-order chi connectivity index (χ1) is 23.0. The summed E-state index contributed by atoms with van der Waals surface area (Å²) in [5.74, 6) is -4.42. The second-order valence-electron chi connectivity index (χ2n) is 12.7. The van der Waals surface area contributed by atoms with Gasteiger partial charge in [-0.3, -0.25) is 19.2 Å². The summed E-state index contributed by atoms with van der Waals surface area (Å²) >= 11 is 0. The number of primary amides is 1. The molecule has 6 N–H and O–H groups in total. The van der Waals surface area contributed by atoms with Crippen LogP contribution in [-0.4, -0.2) is 98.5 Å². The van der Waals surface area contributed by atoms with Crippen LogP contribution in [0.3, 0.4) is 0 Å². The number of hydrogen-bond donors (Lipinski definition) is 5. The standard InChI is InChI=1S/C30H44N8O4.C2HF3O2/c1-18(2)26(34-28(40)19(3)32-4)30(42)37-16-22(38-17-24(35-36-38)21-12-8-9-13-21)15-25(37)29(41)33-23(27(31)39)14-20-10-6-5-7-11-20;3-2(4,5)1(6)7/h5-7,10-11,17-19,21-23,25-26,32H,8-9,12-16H2,1-4H3,(H2,31,39)(H,33,41)(H,34,40);(H,6,7)/t19-,22-,23-,25-,26-;/m0./s1. The van der Waals surface area contributed by atoms with Gasteiger partial charge >= 0.3 is 12.1 Å². The summed E-state index contributed by atoms with van der Waals surface area (Å²) in [6.45, 7) is 5.63. The number of rotatable bonds is 12. The van der Waals surface area contributed by atoms with E-state index in [1.165, 1.54) is 17.7 Å². The number of carbonyl (C=O) groups excluding carboxylic acids is 4. The van der Waals surface area contributed by atoms with Crippen LogP contribution in [0.5, 0.6) is 0 Å². The predicted molar refractivity (Wildman–Crippen MR) is 171 cm³/mol. The number of likely N-dealkylation sites (N-methyl/N-ethyl adjacent to an activating group) is 1. The molecule has 1 aliphatic heterocycles. The van der Waals surface area contributed by atoms with Gasteiger partial charge < -0.3 is 31.7 Å². The number of aliphatic carboxylic acids is 1. The third-order valence-electron chi connectivity index (χ3n) is 8.78. The van der Waals surface area contributed by atoms with Gasteiger partial charge in [0.25, 0.3) is 0 Å². The van der Waals surface area contributed by atoms with E-state index in [1.54, 1.807) is 18.7 Å². The molecule has 1 aromatic carbocycles. The minimum absolute atomic E-state index is 0.213. The summed E-state index contributed by atoms with van der Waals surface area (Å²) < 4.78 is 33.5. The smallest absolute Gasteiger partial charge is 0.475 e. The first-order valence-corrected chi connectivity index (χ1v) is 16.2. The highest BCUT2D eigenvalue weighted by molar-refractivity contribution is 5.95. The number of benzene rings is 1. The van der Waals surface area contributed by atoms with Crippen molar-refractivity contribution < 1.29 is 42.3 Å². The van der Waals surface area contributed by atoms with E-state index in [0.717, 1.165) is 24.1 Å². The summed E-state index contributed by atoms with van der Waals surface area (Å²) in [5, 5.41) is 24.5. The largest absolute Gasteiger partial charge is 0.490 e. The number of alkyl halides is 3. The highest BCUT2D eigenvalue weighted by atomic mass is 19.4. The van der Waals surface area contributed by atoms with Crippen LogP contribution in [0, 0.1) is 5.92 Å². The number of halogens is 3. The summed E-state index contributed by atoms with van der Waals surface area (Å²) in [7, 11) is 1.67. The van der Waals surface area contributed by atoms with Crippen LogP contribution in [0.4, 0.5) is 13.2 Å². The molecule has 49 heavy (non-hydrogen) atoms. The first kappa shape index (κ1) is 38.9. The van der Waals surface area contributed by atoms with Crippen molar-refractivity contribution in [2.45, 2.75) is 102 Å². The fourth-order valence-electron chi connectivity index (χ4n) is 5.82. The molecule has 2 heterocycles. The van der Waals surface area contributed by atoms with Gasteiger partial charge in [0, 0.05) is 31.5 Å². The third-order valence-corrected chi connectivity index (χ3v) is 8.78. The predicted octanol–water partition coefficient (Wildman–Crippen LogP) is 1.67. The van der Waals surface area contributed by atoms with Gasteiger partial charge in [0.2, 0.25) is 23.6 Å². The van der Waals surface area contributed by atoms with Crippen LogP contribution in [0.25, 0.3) is 0 Å². The molecule has 0 radical (unpaired) electrons. The van der Waals surface area contributed by atoms with E-state index >= 15 is 0 Å². The molecule has 2 fully saturated rings. The van der Waals surface area contributed by atoms with Gasteiger partial charge in [-0.15, -0.1) is 5.10 Å². The van der Waals surface area contributed by atoms with Crippen LogP contribution < -0.4 is 21.7 Å². The Balaban J connectivity index is 0.000000838. The molecule has 17 heteroatoms. The minimum Gasteiger partial charge on any atom is -0.475 e. The average molecular weight is 695 g/mol. The van der Waals surface area contributed by atoms with E-state index in [4.69, 9.17) is 15.6 Å². The molecule has 14 nitrogen and oxygen atoms in total. The topological polar surface area (TPSA) is 202 Å². The average Bonchev–Trinajstić information content (AvgIpc) is 3.83. The Morgan fingerprint density at radius 2 is 1.65 bits per heavy atom. The van der Waals surface area contributed by atoms with Crippen LogP contribution in [-0.2, 0) is 30.4 Å². The number of likely N-dealkylation sites (tertiary alicyclic amines) is 1. The number of carboxylic acid groups (broad SMARTS) is 1. The number of nitrogens with one attached hydrogen (secondary N) is 3. The van der Waals surface area contributed by atoms with Crippen LogP contribution >= 0.6 is 0 Å². The second kappa shape index (κ2) is 17.2. The zero-order valence-corrected chi connectivity index (χ0v) is 27.9. The molecule has 1 aliphatic carbocycles. The Morgan fingerprint density at radius 3 is 2.18 bits per heavy atom. The Kier molecular flexibility index (Phi) is 13.7. The van der Waals surface area contributed by atoms with Crippen LogP contribution in [0.15, 0.2) is 36.5 Å². The Morgan fingerprint density at radius 1 is 1.04 bits per heavy atom. The number of carbonyl (C=O) groups is 5. The number of amides is 4. The zero-order valence-electron chi connectivity index (χ0n) is 27.9. The van der Waals surface area contributed by atoms with E-state index in [2.05, 4.69) is 26.3 Å². The van der Waals surface area contributed by atoms with Gasteiger partial charge in [0.15, 0.2) is 0 Å². The van der Waals surface area contributed by atoms with Crippen molar-refractivity contribution in [1.29, 1.82) is 0 Å². The molecule has 0 bridgehead atoms. The molecule has 4 amide bonds. The van der Waals surface area contributed by atoms with E-state index in [-0.39, 0.29) is 43.2 Å². The number of aromatic nitrogens is 3. The van der Waals surface area contributed by atoms with Crippen molar-refractivity contribution in [3.63, 3.8) is 0 Å². The number of nitrogens with two attached hydrogens (primary N) is 1. The Bertz CT molecular complexity index is 1450. The van der Waals surface area contributed by atoms with Crippen LogP contribution in [0.2, 0.25) is 0 Å². The summed E-state index contributed by atoms with van der Waals surface area (Å²) in [6.07, 6.45) is 1.86. The summed E-state index contributed by atoms with van der Waals surface area (Å²) in [4.78, 5) is 63.3. The normalized spacial score (nSPS) is 19.8. The second-order valence-corrected chi connectivity index (χ2v) is 12.7.